The highest BCUT2D eigenvalue weighted by Crippen LogP contribution is 2.32. The van der Waals surface area contributed by atoms with Gasteiger partial charge in [0.1, 0.15) is 0 Å². The van der Waals surface area contributed by atoms with Crippen LogP contribution in [0.4, 0.5) is 4.79 Å². The van der Waals surface area contributed by atoms with Crippen LogP contribution in [0.25, 0.3) is 6.08 Å². The average Bonchev–Trinajstić information content (AvgIpc) is 3.24. The van der Waals surface area contributed by atoms with Gasteiger partial charge >= 0.3 is 0 Å². The molecule has 1 N–H and O–H groups in total. The van der Waals surface area contributed by atoms with Gasteiger partial charge in [0.2, 0.25) is 0 Å². The lowest BCUT2D eigenvalue weighted by atomic mass is 10.1. The Balaban J connectivity index is 1.36. The smallest absolute Gasteiger partial charge is 0.293 e. The molecule has 0 atom stereocenters. The van der Waals surface area contributed by atoms with Crippen molar-refractivity contribution in [2.24, 2.45) is 0 Å². The van der Waals surface area contributed by atoms with Crippen LogP contribution in [0.5, 0.6) is 0 Å². The van der Waals surface area contributed by atoms with Crippen molar-refractivity contribution < 1.29 is 24.0 Å². The molecule has 1 fully saturated rings. The number of thioether (sulfide) groups is 1. The van der Waals surface area contributed by atoms with Gasteiger partial charge in [-0.2, -0.15) is 0 Å². The lowest BCUT2D eigenvalue weighted by molar-refractivity contribution is -0.122. The quantitative estimate of drug-likeness (QED) is 0.461. The summed E-state index contributed by atoms with van der Waals surface area (Å²) in [5.41, 5.74) is 1.56. The normalized spacial score (nSPS) is 16.6. The minimum absolute atomic E-state index is 0.0235. The Hall–Kier alpha value is -3.72. The number of amides is 5. The van der Waals surface area contributed by atoms with Gasteiger partial charge in [0.15, 0.2) is 0 Å². The third kappa shape index (κ3) is 4.65. The van der Waals surface area contributed by atoms with Crippen molar-refractivity contribution in [3.8, 4) is 0 Å². The molecule has 2 aromatic carbocycles. The maximum atomic E-state index is 12.6. The number of hydrogen-bond acceptors (Lipinski definition) is 6. The Morgan fingerprint density at radius 1 is 0.912 bits per heavy atom. The molecule has 2 heterocycles. The molecule has 1 saturated heterocycles. The van der Waals surface area contributed by atoms with Crippen LogP contribution in [0.3, 0.4) is 0 Å². The molecule has 34 heavy (non-hydrogen) atoms. The number of carbonyl (C=O) groups is 5. The molecule has 2 aliphatic heterocycles. The molecule has 0 aromatic heterocycles. The highest BCUT2D eigenvalue weighted by molar-refractivity contribution is 8.18. The van der Waals surface area contributed by atoms with Crippen LogP contribution in [0, 0.1) is 0 Å². The van der Waals surface area contributed by atoms with E-state index in [1.807, 2.05) is 37.3 Å². The first kappa shape index (κ1) is 23.4. The summed E-state index contributed by atoms with van der Waals surface area (Å²) in [6.45, 7) is 2.40. The van der Waals surface area contributed by atoms with Crippen LogP contribution in [-0.4, -0.2) is 58.3 Å². The first-order chi connectivity index (χ1) is 16.4. The zero-order valence-electron chi connectivity index (χ0n) is 18.6. The number of fused-ring (bicyclic) bond motifs is 1. The standard InChI is InChI=1S/C25H23N3O5S/c1-2-3-12-27-22(30)18-10-9-17(15-19(18)23(27)31)21(29)26-11-13-28-24(32)20(34-25(28)33)14-16-7-5-4-6-8-16/h4-10,14-15H,2-3,11-13H2,1H3,(H,26,29)/b20-14-. The largest absolute Gasteiger partial charge is 0.350 e. The second kappa shape index (κ2) is 10.0. The lowest BCUT2D eigenvalue weighted by Gasteiger charge is -2.13. The van der Waals surface area contributed by atoms with E-state index in [0.717, 1.165) is 28.6 Å². The Bertz CT molecular complexity index is 1210. The van der Waals surface area contributed by atoms with Gasteiger partial charge in [0.05, 0.1) is 16.0 Å². The maximum Gasteiger partial charge on any atom is 0.293 e. The molecule has 174 valence electrons. The molecular weight excluding hydrogens is 454 g/mol. The molecular formula is C25H23N3O5S. The SMILES string of the molecule is CCCCN1C(=O)c2ccc(C(=O)NCCN3C(=O)S/C(=C\c4ccccc4)C3=O)cc2C1=O. The van der Waals surface area contributed by atoms with E-state index in [1.165, 1.54) is 23.1 Å². The van der Waals surface area contributed by atoms with Gasteiger partial charge in [-0.3, -0.25) is 33.8 Å². The minimum atomic E-state index is -0.457. The fraction of sp³-hybridized carbons (Fsp3) is 0.240. The molecule has 5 amide bonds. The second-order valence-electron chi connectivity index (χ2n) is 7.88. The molecule has 9 heteroatoms. The van der Waals surface area contributed by atoms with Crippen LogP contribution in [0.15, 0.2) is 53.4 Å². The molecule has 8 nitrogen and oxygen atoms in total. The number of nitrogens with zero attached hydrogens (tertiary/aromatic N) is 2. The van der Waals surface area contributed by atoms with Crippen molar-refractivity contribution in [2.75, 3.05) is 19.6 Å². The van der Waals surface area contributed by atoms with Crippen LogP contribution in [0.2, 0.25) is 0 Å². The molecule has 0 spiro atoms. The highest BCUT2D eigenvalue weighted by Gasteiger charge is 2.36. The molecule has 0 unspecified atom stereocenters. The van der Waals surface area contributed by atoms with Gasteiger partial charge < -0.3 is 5.32 Å². The summed E-state index contributed by atoms with van der Waals surface area (Å²) < 4.78 is 0. The number of carbonyl (C=O) groups excluding carboxylic acids is 5. The molecule has 0 aliphatic carbocycles. The average molecular weight is 478 g/mol. The summed E-state index contributed by atoms with van der Waals surface area (Å²) in [5, 5.41) is 2.28. The van der Waals surface area contributed by atoms with Gasteiger partial charge in [-0.05, 0) is 48.0 Å². The van der Waals surface area contributed by atoms with E-state index in [1.54, 1.807) is 6.08 Å². The van der Waals surface area contributed by atoms with E-state index in [-0.39, 0.29) is 30.1 Å². The number of nitrogens with one attached hydrogen (secondary N) is 1. The van der Waals surface area contributed by atoms with Gasteiger partial charge in [-0.1, -0.05) is 43.7 Å². The van der Waals surface area contributed by atoms with Gasteiger partial charge in [0, 0.05) is 25.2 Å². The first-order valence-electron chi connectivity index (χ1n) is 11.0. The van der Waals surface area contributed by atoms with Crippen molar-refractivity contribution in [1.82, 2.24) is 15.1 Å². The maximum absolute atomic E-state index is 12.6. The topological polar surface area (TPSA) is 104 Å². The fourth-order valence-electron chi connectivity index (χ4n) is 3.73. The van der Waals surface area contributed by atoms with Crippen molar-refractivity contribution in [1.29, 1.82) is 0 Å². The van der Waals surface area contributed by atoms with Gasteiger partial charge in [0.25, 0.3) is 28.9 Å². The molecule has 4 rings (SSSR count). The Morgan fingerprint density at radius 2 is 1.65 bits per heavy atom. The van der Waals surface area contributed by atoms with E-state index >= 15 is 0 Å². The summed E-state index contributed by atoms with van der Waals surface area (Å²) in [7, 11) is 0. The predicted octanol–water partition coefficient (Wildman–Crippen LogP) is 3.55. The fourth-order valence-corrected chi connectivity index (χ4v) is 4.59. The molecule has 2 aromatic rings. The monoisotopic (exact) mass is 477 g/mol. The van der Waals surface area contributed by atoms with E-state index in [0.29, 0.717) is 23.4 Å². The first-order valence-corrected chi connectivity index (χ1v) is 11.8. The van der Waals surface area contributed by atoms with Crippen molar-refractivity contribution in [3.05, 3.63) is 75.7 Å². The Labute approximate surface area is 201 Å². The van der Waals surface area contributed by atoms with Crippen LogP contribution >= 0.6 is 11.8 Å². The molecule has 0 saturated carbocycles. The van der Waals surface area contributed by atoms with Crippen molar-refractivity contribution in [2.45, 2.75) is 19.8 Å². The number of imide groups is 2. The summed E-state index contributed by atoms with van der Waals surface area (Å²) in [6, 6.07) is 13.6. The lowest BCUT2D eigenvalue weighted by Crippen LogP contribution is -2.37. The molecule has 0 bridgehead atoms. The number of unbranched alkanes of at least 4 members (excludes halogenated alkanes) is 1. The summed E-state index contributed by atoms with van der Waals surface area (Å²) in [4.78, 5) is 65.1. The minimum Gasteiger partial charge on any atom is -0.350 e. The molecule has 0 radical (unpaired) electrons. The van der Waals surface area contributed by atoms with Gasteiger partial charge in [-0.15, -0.1) is 0 Å². The highest BCUT2D eigenvalue weighted by atomic mass is 32.2. The Morgan fingerprint density at radius 3 is 2.38 bits per heavy atom. The predicted molar refractivity (Wildman–Crippen MR) is 128 cm³/mol. The number of hydrogen-bond donors (Lipinski definition) is 1. The molecule has 2 aliphatic rings. The summed E-state index contributed by atoms with van der Waals surface area (Å²) in [6.07, 6.45) is 3.23. The summed E-state index contributed by atoms with van der Waals surface area (Å²) >= 11 is 0.863. The van der Waals surface area contributed by atoms with Gasteiger partial charge in [-0.25, -0.2) is 0 Å². The summed E-state index contributed by atoms with van der Waals surface area (Å²) in [5.74, 6) is -1.60. The van der Waals surface area contributed by atoms with Crippen LogP contribution < -0.4 is 5.32 Å². The van der Waals surface area contributed by atoms with Crippen LogP contribution in [-0.2, 0) is 4.79 Å². The zero-order valence-corrected chi connectivity index (χ0v) is 19.4. The van der Waals surface area contributed by atoms with Crippen LogP contribution in [0.1, 0.15) is 56.4 Å². The second-order valence-corrected chi connectivity index (χ2v) is 8.87. The van der Waals surface area contributed by atoms with E-state index in [4.69, 9.17) is 0 Å². The Kier molecular flexibility index (Phi) is 6.93. The number of benzene rings is 2. The number of rotatable bonds is 8. The van der Waals surface area contributed by atoms with Crippen molar-refractivity contribution in [3.63, 3.8) is 0 Å². The van der Waals surface area contributed by atoms with E-state index in [2.05, 4.69) is 5.32 Å². The zero-order chi connectivity index (χ0) is 24.2. The van der Waals surface area contributed by atoms with E-state index < -0.39 is 23.0 Å². The van der Waals surface area contributed by atoms with E-state index in [9.17, 15) is 24.0 Å². The van der Waals surface area contributed by atoms with Crippen molar-refractivity contribution >= 4 is 46.7 Å². The third-order valence-electron chi connectivity index (χ3n) is 5.56. The third-order valence-corrected chi connectivity index (χ3v) is 6.47.